The summed E-state index contributed by atoms with van der Waals surface area (Å²) in [5.74, 6) is -0.981. The standard InChI is InChI=1S/C18H15FN4O3S/c1-27-18-21-11(9-15(24)23-18)10-26-17(25)12-5-4-8-20-16(12)22-14-7-3-2-6-13(14)19/h2-9H,10H2,1H3,(H,20,22)(H,21,23,24). The van der Waals surface area contributed by atoms with Gasteiger partial charge in [0, 0.05) is 12.3 Å². The van der Waals surface area contributed by atoms with Crippen LogP contribution in [0.2, 0.25) is 0 Å². The quantitative estimate of drug-likeness (QED) is 0.382. The number of thioether (sulfide) groups is 1. The number of H-pyrrole nitrogens is 1. The summed E-state index contributed by atoms with van der Waals surface area (Å²) in [4.78, 5) is 34.8. The van der Waals surface area contributed by atoms with Crippen LogP contribution in [0.25, 0.3) is 0 Å². The van der Waals surface area contributed by atoms with Crippen LogP contribution in [0.15, 0.2) is 58.6 Å². The molecule has 2 aromatic heterocycles. The van der Waals surface area contributed by atoms with Gasteiger partial charge in [0.25, 0.3) is 5.56 Å². The molecule has 7 nitrogen and oxygen atoms in total. The lowest BCUT2D eigenvalue weighted by Gasteiger charge is -2.11. The predicted octanol–water partition coefficient (Wildman–Crippen LogP) is 3.13. The van der Waals surface area contributed by atoms with E-state index in [9.17, 15) is 14.0 Å². The minimum absolute atomic E-state index is 0.135. The monoisotopic (exact) mass is 386 g/mol. The molecule has 0 radical (unpaired) electrons. The maximum atomic E-state index is 13.8. The normalized spacial score (nSPS) is 10.4. The van der Waals surface area contributed by atoms with Gasteiger partial charge in [-0.05, 0) is 30.5 Å². The van der Waals surface area contributed by atoms with Crippen molar-refractivity contribution in [2.45, 2.75) is 11.8 Å². The Morgan fingerprint density at radius 3 is 2.89 bits per heavy atom. The lowest BCUT2D eigenvalue weighted by molar-refractivity contribution is 0.0467. The first-order valence-corrected chi connectivity index (χ1v) is 9.07. The van der Waals surface area contributed by atoms with Crippen LogP contribution in [0.5, 0.6) is 0 Å². The van der Waals surface area contributed by atoms with Gasteiger partial charge in [0.1, 0.15) is 23.8 Å². The topological polar surface area (TPSA) is 97.0 Å². The minimum Gasteiger partial charge on any atom is -0.455 e. The smallest absolute Gasteiger partial charge is 0.342 e. The number of hydrogen-bond donors (Lipinski definition) is 2. The average molecular weight is 386 g/mol. The Balaban J connectivity index is 1.77. The van der Waals surface area contributed by atoms with Crippen LogP contribution >= 0.6 is 11.8 Å². The number of para-hydroxylation sites is 1. The van der Waals surface area contributed by atoms with E-state index in [1.807, 2.05) is 0 Å². The van der Waals surface area contributed by atoms with Gasteiger partial charge in [-0.1, -0.05) is 23.9 Å². The summed E-state index contributed by atoms with van der Waals surface area (Å²) in [5, 5.41) is 3.21. The molecule has 3 rings (SSSR count). The van der Waals surface area contributed by atoms with Crippen LogP contribution in [-0.2, 0) is 11.3 Å². The number of halogens is 1. The molecule has 0 spiro atoms. The fraction of sp³-hybridized carbons (Fsp3) is 0.111. The van der Waals surface area contributed by atoms with Crippen molar-refractivity contribution in [3.8, 4) is 0 Å². The molecule has 138 valence electrons. The number of aromatic amines is 1. The zero-order valence-electron chi connectivity index (χ0n) is 14.2. The van der Waals surface area contributed by atoms with Gasteiger partial charge in [-0.25, -0.2) is 19.2 Å². The first kappa shape index (κ1) is 18.6. The van der Waals surface area contributed by atoms with Crippen LogP contribution in [0, 0.1) is 5.82 Å². The number of rotatable bonds is 6. The molecule has 0 aliphatic heterocycles. The molecule has 2 heterocycles. The van der Waals surface area contributed by atoms with E-state index >= 15 is 0 Å². The number of benzene rings is 1. The molecule has 0 bridgehead atoms. The summed E-state index contributed by atoms with van der Waals surface area (Å²) < 4.78 is 19.1. The number of hydrogen-bond acceptors (Lipinski definition) is 7. The number of carbonyl (C=O) groups excluding carboxylic acids is 1. The van der Waals surface area contributed by atoms with Crippen molar-refractivity contribution in [3.05, 3.63) is 76.1 Å². The van der Waals surface area contributed by atoms with Gasteiger partial charge < -0.3 is 15.0 Å². The highest BCUT2D eigenvalue weighted by Crippen LogP contribution is 2.21. The van der Waals surface area contributed by atoms with Gasteiger partial charge in [-0.15, -0.1) is 0 Å². The number of nitrogens with one attached hydrogen (secondary N) is 2. The van der Waals surface area contributed by atoms with E-state index in [1.54, 1.807) is 24.5 Å². The Morgan fingerprint density at radius 2 is 2.11 bits per heavy atom. The molecule has 1 aromatic carbocycles. The number of aromatic nitrogens is 3. The second-order valence-corrected chi connectivity index (χ2v) is 6.12. The van der Waals surface area contributed by atoms with Crippen LogP contribution in [0.3, 0.4) is 0 Å². The lowest BCUT2D eigenvalue weighted by atomic mass is 10.2. The van der Waals surface area contributed by atoms with Crippen LogP contribution in [0.1, 0.15) is 16.1 Å². The van der Waals surface area contributed by atoms with Gasteiger partial charge in [-0.2, -0.15) is 0 Å². The van der Waals surface area contributed by atoms with Gasteiger partial charge in [-0.3, -0.25) is 4.79 Å². The SMILES string of the molecule is CSc1nc(COC(=O)c2cccnc2Nc2ccccc2F)cc(=O)[nH]1. The molecule has 0 fully saturated rings. The highest BCUT2D eigenvalue weighted by molar-refractivity contribution is 7.98. The van der Waals surface area contributed by atoms with Gasteiger partial charge in [0.15, 0.2) is 5.16 Å². The minimum atomic E-state index is -0.672. The third-order valence-corrected chi connectivity index (χ3v) is 4.05. The maximum absolute atomic E-state index is 13.8. The third-order valence-electron chi connectivity index (χ3n) is 3.47. The van der Waals surface area contributed by atoms with E-state index in [0.29, 0.717) is 10.9 Å². The fourth-order valence-electron chi connectivity index (χ4n) is 2.23. The summed E-state index contributed by atoms with van der Waals surface area (Å²) in [6.45, 7) is -0.176. The summed E-state index contributed by atoms with van der Waals surface area (Å²) in [5.41, 5.74) is 0.314. The Kier molecular flexibility index (Phi) is 5.82. The van der Waals surface area contributed by atoms with E-state index in [2.05, 4.69) is 20.3 Å². The molecule has 2 N–H and O–H groups in total. The van der Waals surface area contributed by atoms with Gasteiger partial charge >= 0.3 is 5.97 Å². The van der Waals surface area contributed by atoms with Crippen molar-refractivity contribution >= 4 is 29.2 Å². The van der Waals surface area contributed by atoms with Crippen molar-refractivity contribution in [3.63, 3.8) is 0 Å². The molecular formula is C18H15FN4O3S. The van der Waals surface area contributed by atoms with Crippen molar-refractivity contribution in [1.29, 1.82) is 0 Å². The Bertz CT molecular complexity index is 1030. The number of pyridine rings is 1. The highest BCUT2D eigenvalue weighted by Gasteiger charge is 2.16. The molecule has 0 unspecified atom stereocenters. The first-order chi connectivity index (χ1) is 13.1. The summed E-state index contributed by atoms with van der Waals surface area (Å²) in [6.07, 6.45) is 3.24. The third kappa shape index (κ3) is 4.70. The highest BCUT2D eigenvalue weighted by atomic mass is 32.2. The van der Waals surface area contributed by atoms with Gasteiger partial charge in [0.2, 0.25) is 0 Å². The Labute approximate surface area is 158 Å². The first-order valence-electron chi connectivity index (χ1n) is 7.85. The fourth-order valence-corrected chi connectivity index (χ4v) is 2.64. The molecule has 0 aliphatic carbocycles. The van der Waals surface area contributed by atoms with Crippen LogP contribution < -0.4 is 10.9 Å². The number of anilines is 2. The molecule has 27 heavy (non-hydrogen) atoms. The maximum Gasteiger partial charge on any atom is 0.342 e. The van der Waals surface area contributed by atoms with Crippen molar-refractivity contribution in [2.75, 3.05) is 11.6 Å². The largest absolute Gasteiger partial charge is 0.455 e. The van der Waals surface area contributed by atoms with Crippen molar-refractivity contribution in [2.24, 2.45) is 0 Å². The van der Waals surface area contributed by atoms with E-state index < -0.39 is 11.8 Å². The lowest BCUT2D eigenvalue weighted by Crippen LogP contribution is -2.13. The second kappa shape index (κ2) is 8.45. The van der Waals surface area contributed by atoms with E-state index in [0.717, 1.165) is 0 Å². The van der Waals surface area contributed by atoms with Crippen LogP contribution in [-0.4, -0.2) is 27.2 Å². The average Bonchev–Trinajstić information content (AvgIpc) is 2.68. The van der Waals surface area contributed by atoms with E-state index in [-0.39, 0.29) is 29.2 Å². The number of esters is 1. The van der Waals surface area contributed by atoms with E-state index in [1.165, 1.54) is 42.2 Å². The molecule has 0 aliphatic rings. The predicted molar refractivity (Wildman–Crippen MR) is 99.7 cm³/mol. The molecule has 0 amide bonds. The Morgan fingerprint density at radius 1 is 1.30 bits per heavy atom. The number of carbonyl (C=O) groups is 1. The second-order valence-electron chi connectivity index (χ2n) is 5.33. The number of nitrogens with zero attached hydrogens (tertiary/aromatic N) is 2. The summed E-state index contributed by atoms with van der Waals surface area (Å²) >= 11 is 1.27. The number of ether oxygens (including phenoxy) is 1. The summed E-state index contributed by atoms with van der Waals surface area (Å²) in [7, 11) is 0. The molecule has 9 heteroatoms. The molecule has 0 saturated heterocycles. The van der Waals surface area contributed by atoms with Crippen molar-refractivity contribution < 1.29 is 13.9 Å². The van der Waals surface area contributed by atoms with Crippen LogP contribution in [0.4, 0.5) is 15.9 Å². The zero-order valence-corrected chi connectivity index (χ0v) is 15.0. The van der Waals surface area contributed by atoms with Gasteiger partial charge in [0.05, 0.1) is 11.4 Å². The summed E-state index contributed by atoms with van der Waals surface area (Å²) in [6, 6.07) is 10.4. The van der Waals surface area contributed by atoms with Crippen molar-refractivity contribution in [1.82, 2.24) is 15.0 Å². The molecule has 0 saturated carbocycles. The molecule has 0 atom stereocenters. The molecule has 3 aromatic rings. The Hall–Kier alpha value is -3.20. The zero-order chi connectivity index (χ0) is 19.2. The molecular weight excluding hydrogens is 371 g/mol. The van der Waals surface area contributed by atoms with E-state index in [4.69, 9.17) is 4.74 Å².